The van der Waals surface area contributed by atoms with Crippen molar-refractivity contribution in [3.05, 3.63) is 76.3 Å². The zero-order valence-corrected chi connectivity index (χ0v) is 12.5. The maximum absolute atomic E-state index is 6.21. The summed E-state index contributed by atoms with van der Waals surface area (Å²) < 4.78 is 0. The number of hydrogen-bond donors (Lipinski definition) is 0. The maximum atomic E-state index is 6.21. The average Bonchev–Trinajstić information content (AvgIpc) is 2.50. The van der Waals surface area contributed by atoms with Crippen LogP contribution in [0.3, 0.4) is 0 Å². The van der Waals surface area contributed by atoms with Crippen LogP contribution in [0, 0.1) is 11.8 Å². The van der Waals surface area contributed by atoms with E-state index in [0.717, 1.165) is 28.1 Å². The average molecular weight is 281 g/mol. The molecule has 0 saturated carbocycles. The third-order valence-corrected chi connectivity index (χ3v) is 3.49. The molecule has 0 radical (unpaired) electrons. The number of allylic oxidation sites excluding steroid dienone is 2. The molecule has 2 rings (SSSR count). The van der Waals surface area contributed by atoms with Crippen molar-refractivity contribution in [1.29, 1.82) is 0 Å². The van der Waals surface area contributed by atoms with E-state index in [9.17, 15) is 0 Å². The van der Waals surface area contributed by atoms with Crippen LogP contribution in [0.25, 0.3) is 5.57 Å². The minimum Gasteiger partial charge on any atom is -0.0836 e. The van der Waals surface area contributed by atoms with Gasteiger partial charge in [-0.05, 0) is 37.1 Å². The second kappa shape index (κ2) is 6.98. The molecule has 0 saturated heterocycles. The van der Waals surface area contributed by atoms with Crippen molar-refractivity contribution in [3.8, 4) is 11.8 Å². The molecule has 0 aromatic heterocycles. The zero-order chi connectivity index (χ0) is 14.4. The number of rotatable bonds is 2. The quantitative estimate of drug-likeness (QED) is 0.650. The first-order valence-electron chi connectivity index (χ1n) is 6.76. The minimum atomic E-state index is 0.733. The normalized spacial score (nSPS) is 10.8. The van der Waals surface area contributed by atoms with E-state index < -0.39 is 0 Å². The second-order valence-electron chi connectivity index (χ2n) is 4.48. The van der Waals surface area contributed by atoms with Crippen molar-refractivity contribution in [2.24, 2.45) is 0 Å². The van der Waals surface area contributed by atoms with E-state index in [1.54, 1.807) is 0 Å². The van der Waals surface area contributed by atoms with Crippen LogP contribution in [-0.2, 0) is 6.42 Å². The highest BCUT2D eigenvalue weighted by molar-refractivity contribution is 6.32. The van der Waals surface area contributed by atoms with Gasteiger partial charge in [-0.2, -0.15) is 0 Å². The Morgan fingerprint density at radius 3 is 2.40 bits per heavy atom. The van der Waals surface area contributed by atoms with Gasteiger partial charge in [0.05, 0.1) is 0 Å². The van der Waals surface area contributed by atoms with Crippen LogP contribution in [0.5, 0.6) is 0 Å². The van der Waals surface area contributed by atoms with Gasteiger partial charge in [0, 0.05) is 21.7 Å². The summed E-state index contributed by atoms with van der Waals surface area (Å²) in [5.41, 5.74) is 4.28. The molecule has 1 heteroatoms. The van der Waals surface area contributed by atoms with E-state index in [1.165, 1.54) is 5.56 Å². The van der Waals surface area contributed by atoms with Gasteiger partial charge in [-0.3, -0.25) is 0 Å². The summed E-state index contributed by atoms with van der Waals surface area (Å²) in [5, 5.41) is 0.733. The third kappa shape index (κ3) is 3.53. The molecule has 0 nitrogen and oxygen atoms in total. The van der Waals surface area contributed by atoms with Gasteiger partial charge < -0.3 is 0 Å². The lowest BCUT2D eigenvalue weighted by atomic mass is 10.1. The minimum absolute atomic E-state index is 0.733. The summed E-state index contributed by atoms with van der Waals surface area (Å²) in [7, 11) is 0. The summed E-state index contributed by atoms with van der Waals surface area (Å²) in [6.07, 6.45) is 3.04. The summed E-state index contributed by atoms with van der Waals surface area (Å²) in [6.45, 7) is 4.13. The van der Waals surface area contributed by atoms with Gasteiger partial charge in [0.1, 0.15) is 0 Å². The standard InChI is InChI=1S/C19H17Cl/c1-3-15-9-11-16(12-10-15)13-14-17(4-2)18-7-5-6-8-19(18)20/h4-12H,3H2,1-2H3. The van der Waals surface area contributed by atoms with E-state index in [0.29, 0.717) is 0 Å². The van der Waals surface area contributed by atoms with Crippen LogP contribution in [0.15, 0.2) is 54.6 Å². The van der Waals surface area contributed by atoms with Gasteiger partial charge in [0.15, 0.2) is 0 Å². The molecule has 2 aromatic rings. The lowest BCUT2D eigenvalue weighted by molar-refractivity contribution is 1.14. The Morgan fingerprint density at radius 2 is 1.80 bits per heavy atom. The van der Waals surface area contributed by atoms with Crippen LogP contribution < -0.4 is 0 Å². The molecule has 0 aliphatic rings. The van der Waals surface area contributed by atoms with Gasteiger partial charge in [-0.25, -0.2) is 0 Å². The highest BCUT2D eigenvalue weighted by Gasteiger charge is 2.01. The van der Waals surface area contributed by atoms with Crippen molar-refractivity contribution in [1.82, 2.24) is 0 Å². The van der Waals surface area contributed by atoms with Crippen LogP contribution in [0.1, 0.15) is 30.5 Å². The summed E-state index contributed by atoms with van der Waals surface area (Å²) in [5.74, 6) is 6.40. The monoisotopic (exact) mass is 280 g/mol. The molecule has 0 aliphatic heterocycles. The number of hydrogen-bond acceptors (Lipinski definition) is 0. The fourth-order valence-electron chi connectivity index (χ4n) is 1.94. The van der Waals surface area contributed by atoms with Gasteiger partial charge in [0.25, 0.3) is 0 Å². The maximum Gasteiger partial charge on any atom is 0.0490 e. The summed E-state index contributed by atoms with van der Waals surface area (Å²) >= 11 is 6.21. The SMILES string of the molecule is CC=C(C#Cc1ccc(CC)cc1)c1ccccc1Cl. The molecule has 0 spiro atoms. The molecule has 0 unspecified atom stereocenters. The van der Waals surface area contributed by atoms with E-state index in [2.05, 4.69) is 43.0 Å². The second-order valence-corrected chi connectivity index (χ2v) is 4.89. The molecule has 0 heterocycles. The molecule has 20 heavy (non-hydrogen) atoms. The lowest BCUT2D eigenvalue weighted by Crippen LogP contribution is -1.84. The number of aryl methyl sites for hydroxylation is 1. The molecule has 0 bridgehead atoms. The Hall–Kier alpha value is -1.97. The molecule has 0 fully saturated rings. The molecule has 100 valence electrons. The largest absolute Gasteiger partial charge is 0.0836 e. The summed E-state index contributed by atoms with van der Waals surface area (Å²) in [6, 6.07) is 16.1. The van der Waals surface area contributed by atoms with Crippen molar-refractivity contribution in [3.63, 3.8) is 0 Å². The number of halogens is 1. The predicted molar refractivity (Wildman–Crippen MR) is 87.8 cm³/mol. The molecule has 0 atom stereocenters. The third-order valence-electron chi connectivity index (χ3n) is 3.16. The van der Waals surface area contributed by atoms with Crippen molar-refractivity contribution >= 4 is 17.2 Å². The lowest BCUT2D eigenvalue weighted by Gasteiger charge is -2.02. The predicted octanol–water partition coefficient (Wildman–Crippen LogP) is 5.36. The van der Waals surface area contributed by atoms with Gasteiger partial charge in [0.2, 0.25) is 0 Å². The smallest absolute Gasteiger partial charge is 0.0490 e. The Balaban J connectivity index is 2.28. The van der Waals surface area contributed by atoms with E-state index in [1.807, 2.05) is 37.3 Å². The number of benzene rings is 2. The fraction of sp³-hybridized carbons (Fsp3) is 0.158. The van der Waals surface area contributed by atoms with Crippen molar-refractivity contribution in [2.45, 2.75) is 20.3 Å². The van der Waals surface area contributed by atoms with E-state index in [4.69, 9.17) is 11.6 Å². The fourth-order valence-corrected chi connectivity index (χ4v) is 2.18. The molecular formula is C19H17Cl. The Bertz CT molecular complexity index is 667. The highest BCUT2D eigenvalue weighted by atomic mass is 35.5. The first-order valence-corrected chi connectivity index (χ1v) is 7.14. The molecular weight excluding hydrogens is 264 g/mol. The Kier molecular flexibility index (Phi) is 5.04. The van der Waals surface area contributed by atoms with E-state index in [-0.39, 0.29) is 0 Å². The van der Waals surface area contributed by atoms with Crippen LogP contribution >= 0.6 is 11.6 Å². The first kappa shape index (κ1) is 14.4. The highest BCUT2D eigenvalue weighted by Crippen LogP contribution is 2.23. The van der Waals surface area contributed by atoms with Gasteiger partial charge >= 0.3 is 0 Å². The molecule has 0 N–H and O–H groups in total. The van der Waals surface area contributed by atoms with Crippen LogP contribution in [0.2, 0.25) is 5.02 Å². The van der Waals surface area contributed by atoms with Crippen molar-refractivity contribution < 1.29 is 0 Å². The van der Waals surface area contributed by atoms with Crippen LogP contribution in [-0.4, -0.2) is 0 Å². The van der Waals surface area contributed by atoms with Crippen LogP contribution in [0.4, 0.5) is 0 Å². The summed E-state index contributed by atoms with van der Waals surface area (Å²) in [4.78, 5) is 0. The Labute approximate surface area is 126 Å². The molecule has 0 aliphatic carbocycles. The molecule has 0 amide bonds. The van der Waals surface area contributed by atoms with E-state index >= 15 is 0 Å². The topological polar surface area (TPSA) is 0 Å². The van der Waals surface area contributed by atoms with Gasteiger partial charge in [-0.15, -0.1) is 0 Å². The first-order chi connectivity index (χ1) is 9.74. The zero-order valence-electron chi connectivity index (χ0n) is 11.8. The Morgan fingerprint density at radius 1 is 1.10 bits per heavy atom. The molecule has 2 aromatic carbocycles. The van der Waals surface area contributed by atoms with Crippen molar-refractivity contribution in [2.75, 3.05) is 0 Å². The van der Waals surface area contributed by atoms with Gasteiger partial charge in [-0.1, -0.05) is 66.8 Å².